The van der Waals surface area contributed by atoms with E-state index >= 15 is 0 Å². The zero-order valence-electron chi connectivity index (χ0n) is 14.1. The molecule has 2 rings (SSSR count). The second-order valence-electron chi connectivity index (χ2n) is 7.74. The van der Waals surface area contributed by atoms with E-state index in [-0.39, 0.29) is 5.41 Å². The van der Waals surface area contributed by atoms with E-state index in [0.717, 1.165) is 6.42 Å². The molecule has 1 aliphatic rings. The summed E-state index contributed by atoms with van der Waals surface area (Å²) in [5.74, 6) is 0. The Morgan fingerprint density at radius 3 is 2.67 bits per heavy atom. The standard InChI is InChI=1S/C18H30N2O/c1-17(2)11-10-14-8-6-7-9-15(14)16(17)19-12-18(3,21)13-20(4)5/h6-9,16,19,21H,10-13H2,1-5H3. The summed E-state index contributed by atoms with van der Waals surface area (Å²) in [6.45, 7) is 7.81. The fourth-order valence-corrected chi connectivity index (χ4v) is 3.51. The molecule has 0 heterocycles. The third kappa shape index (κ3) is 4.06. The van der Waals surface area contributed by atoms with Gasteiger partial charge in [0.05, 0.1) is 5.60 Å². The number of likely N-dealkylation sites (N-methyl/N-ethyl adjacent to an activating group) is 1. The monoisotopic (exact) mass is 290 g/mol. The minimum Gasteiger partial charge on any atom is -0.388 e. The van der Waals surface area contributed by atoms with Crippen LogP contribution in [-0.2, 0) is 6.42 Å². The van der Waals surface area contributed by atoms with Gasteiger partial charge < -0.3 is 15.3 Å². The fourth-order valence-electron chi connectivity index (χ4n) is 3.51. The molecule has 0 fully saturated rings. The van der Waals surface area contributed by atoms with Gasteiger partial charge in [-0.15, -0.1) is 0 Å². The maximum absolute atomic E-state index is 10.5. The molecule has 1 aromatic carbocycles. The second-order valence-corrected chi connectivity index (χ2v) is 7.74. The molecule has 0 saturated carbocycles. The summed E-state index contributed by atoms with van der Waals surface area (Å²) in [5.41, 5.74) is 2.34. The molecular weight excluding hydrogens is 260 g/mol. The van der Waals surface area contributed by atoms with Gasteiger partial charge in [0.25, 0.3) is 0 Å². The van der Waals surface area contributed by atoms with Crippen LogP contribution in [0, 0.1) is 5.41 Å². The summed E-state index contributed by atoms with van der Waals surface area (Å²) in [6, 6.07) is 9.01. The number of nitrogens with one attached hydrogen (secondary N) is 1. The first-order valence-corrected chi connectivity index (χ1v) is 7.90. The number of benzene rings is 1. The Morgan fingerprint density at radius 2 is 2.00 bits per heavy atom. The number of aryl methyl sites for hydroxylation is 1. The summed E-state index contributed by atoms with van der Waals surface area (Å²) in [5, 5.41) is 14.2. The van der Waals surface area contributed by atoms with Crippen LogP contribution in [0.1, 0.15) is 44.4 Å². The van der Waals surface area contributed by atoms with Gasteiger partial charge in [-0.2, -0.15) is 0 Å². The lowest BCUT2D eigenvalue weighted by atomic mass is 9.70. The number of fused-ring (bicyclic) bond motifs is 1. The highest BCUT2D eigenvalue weighted by atomic mass is 16.3. The molecule has 2 atom stereocenters. The van der Waals surface area contributed by atoms with Gasteiger partial charge in [0.2, 0.25) is 0 Å². The molecule has 1 aliphatic carbocycles. The third-order valence-corrected chi connectivity index (χ3v) is 4.53. The van der Waals surface area contributed by atoms with Crippen molar-refractivity contribution in [3.8, 4) is 0 Å². The zero-order chi connectivity index (χ0) is 15.7. The van der Waals surface area contributed by atoms with Gasteiger partial charge in [0.1, 0.15) is 0 Å². The third-order valence-electron chi connectivity index (χ3n) is 4.53. The first-order chi connectivity index (χ1) is 9.71. The van der Waals surface area contributed by atoms with E-state index in [0.29, 0.717) is 19.1 Å². The van der Waals surface area contributed by atoms with Crippen molar-refractivity contribution in [2.45, 2.75) is 45.3 Å². The SMILES string of the molecule is CN(C)CC(C)(O)CNC1c2ccccc2CCC1(C)C. The van der Waals surface area contributed by atoms with Gasteiger partial charge in [-0.25, -0.2) is 0 Å². The second kappa shape index (κ2) is 6.07. The highest BCUT2D eigenvalue weighted by molar-refractivity contribution is 5.34. The average Bonchev–Trinajstić information content (AvgIpc) is 2.35. The van der Waals surface area contributed by atoms with Gasteiger partial charge in [-0.3, -0.25) is 0 Å². The maximum atomic E-state index is 10.5. The number of aliphatic hydroxyl groups is 1. The summed E-state index contributed by atoms with van der Waals surface area (Å²) >= 11 is 0. The molecule has 0 aliphatic heterocycles. The van der Waals surface area contributed by atoms with Crippen LogP contribution in [0.4, 0.5) is 0 Å². The Bertz CT molecular complexity index is 480. The van der Waals surface area contributed by atoms with Crippen LogP contribution in [0.15, 0.2) is 24.3 Å². The van der Waals surface area contributed by atoms with Crippen molar-refractivity contribution in [1.29, 1.82) is 0 Å². The van der Waals surface area contributed by atoms with Crippen molar-refractivity contribution in [2.24, 2.45) is 5.41 Å². The van der Waals surface area contributed by atoms with Gasteiger partial charge >= 0.3 is 0 Å². The molecule has 3 nitrogen and oxygen atoms in total. The van der Waals surface area contributed by atoms with Crippen LogP contribution in [0.3, 0.4) is 0 Å². The summed E-state index contributed by atoms with van der Waals surface area (Å²) in [4.78, 5) is 2.03. The first kappa shape index (κ1) is 16.5. The zero-order valence-corrected chi connectivity index (χ0v) is 14.1. The lowest BCUT2D eigenvalue weighted by Crippen LogP contribution is -2.49. The first-order valence-electron chi connectivity index (χ1n) is 7.90. The summed E-state index contributed by atoms with van der Waals surface area (Å²) < 4.78 is 0. The van der Waals surface area contributed by atoms with Crippen LogP contribution in [0.25, 0.3) is 0 Å². The quantitative estimate of drug-likeness (QED) is 0.875. The lowest BCUT2D eigenvalue weighted by Gasteiger charge is -2.42. The van der Waals surface area contributed by atoms with E-state index < -0.39 is 5.60 Å². The van der Waals surface area contributed by atoms with Gasteiger partial charge in [0, 0.05) is 19.1 Å². The predicted octanol–water partition coefficient (Wildman–Crippen LogP) is 2.60. The van der Waals surface area contributed by atoms with Crippen LogP contribution in [-0.4, -0.2) is 42.8 Å². The lowest BCUT2D eigenvalue weighted by molar-refractivity contribution is 0.0252. The number of hydrogen-bond acceptors (Lipinski definition) is 3. The van der Waals surface area contributed by atoms with Crippen LogP contribution < -0.4 is 5.32 Å². The molecule has 21 heavy (non-hydrogen) atoms. The molecular formula is C18H30N2O. The van der Waals surface area contributed by atoms with E-state index in [2.05, 4.69) is 43.4 Å². The highest BCUT2D eigenvalue weighted by Gasteiger charge is 2.36. The number of hydrogen-bond donors (Lipinski definition) is 2. The molecule has 0 amide bonds. The highest BCUT2D eigenvalue weighted by Crippen LogP contribution is 2.43. The molecule has 0 bridgehead atoms. The van der Waals surface area contributed by atoms with Crippen LogP contribution >= 0.6 is 0 Å². The van der Waals surface area contributed by atoms with Gasteiger partial charge in [-0.1, -0.05) is 38.1 Å². The smallest absolute Gasteiger partial charge is 0.0869 e. The topological polar surface area (TPSA) is 35.5 Å². The molecule has 2 N–H and O–H groups in total. The fraction of sp³-hybridized carbons (Fsp3) is 0.667. The molecule has 0 radical (unpaired) electrons. The van der Waals surface area contributed by atoms with E-state index in [4.69, 9.17) is 0 Å². The van der Waals surface area contributed by atoms with E-state index in [1.54, 1.807) is 0 Å². The van der Waals surface area contributed by atoms with E-state index in [9.17, 15) is 5.11 Å². The molecule has 1 aromatic rings. The van der Waals surface area contributed by atoms with Crippen molar-refractivity contribution >= 4 is 0 Å². The van der Waals surface area contributed by atoms with Gasteiger partial charge in [0.15, 0.2) is 0 Å². The van der Waals surface area contributed by atoms with Crippen LogP contribution in [0.2, 0.25) is 0 Å². The molecule has 2 unspecified atom stereocenters. The Hall–Kier alpha value is -0.900. The number of rotatable bonds is 5. The summed E-state index contributed by atoms with van der Waals surface area (Å²) in [7, 11) is 3.99. The predicted molar refractivity (Wildman–Crippen MR) is 88.5 cm³/mol. The normalized spacial score (nSPS) is 23.7. The van der Waals surface area contributed by atoms with Crippen LogP contribution in [0.5, 0.6) is 0 Å². The van der Waals surface area contributed by atoms with E-state index in [1.165, 1.54) is 17.5 Å². The minimum atomic E-state index is -0.716. The molecule has 3 heteroatoms. The Balaban J connectivity index is 2.14. The molecule has 0 spiro atoms. The van der Waals surface area contributed by atoms with Crippen molar-refractivity contribution in [3.63, 3.8) is 0 Å². The van der Waals surface area contributed by atoms with E-state index in [1.807, 2.05) is 25.9 Å². The Labute approximate surface area is 129 Å². The van der Waals surface area contributed by atoms with Crippen molar-refractivity contribution < 1.29 is 5.11 Å². The average molecular weight is 290 g/mol. The molecule has 0 aromatic heterocycles. The Morgan fingerprint density at radius 1 is 1.33 bits per heavy atom. The van der Waals surface area contributed by atoms with Crippen molar-refractivity contribution in [1.82, 2.24) is 10.2 Å². The molecule has 0 saturated heterocycles. The summed E-state index contributed by atoms with van der Waals surface area (Å²) in [6.07, 6.45) is 2.33. The van der Waals surface area contributed by atoms with Gasteiger partial charge in [-0.05, 0) is 50.4 Å². The minimum absolute atomic E-state index is 0.211. The van der Waals surface area contributed by atoms with Crippen molar-refractivity contribution in [2.75, 3.05) is 27.2 Å². The molecule has 118 valence electrons. The van der Waals surface area contributed by atoms with Crippen molar-refractivity contribution in [3.05, 3.63) is 35.4 Å². The number of nitrogens with zero attached hydrogens (tertiary/aromatic N) is 1. The Kier molecular flexibility index (Phi) is 4.76. The maximum Gasteiger partial charge on any atom is 0.0869 e. The largest absolute Gasteiger partial charge is 0.388 e.